The van der Waals surface area contributed by atoms with Crippen molar-refractivity contribution in [2.24, 2.45) is 7.05 Å². The molecular weight excluding hydrogens is 390 g/mol. The smallest absolute Gasteiger partial charge is 0.278 e. The molecule has 0 spiro atoms. The van der Waals surface area contributed by atoms with Gasteiger partial charge in [-0.15, -0.1) is 0 Å². The summed E-state index contributed by atoms with van der Waals surface area (Å²) in [5, 5.41) is 2.93. The molecule has 0 unspecified atom stereocenters. The van der Waals surface area contributed by atoms with Gasteiger partial charge in [0.2, 0.25) is 0 Å². The van der Waals surface area contributed by atoms with Crippen molar-refractivity contribution in [2.75, 3.05) is 19.0 Å². The molecule has 1 amide bonds. The number of fused-ring (bicyclic) bond motifs is 1. The predicted molar refractivity (Wildman–Crippen MR) is 122 cm³/mol. The first kappa shape index (κ1) is 20.3. The van der Waals surface area contributed by atoms with E-state index in [0.717, 1.165) is 11.3 Å². The molecule has 0 saturated carbocycles. The minimum atomic E-state index is -0.232. The SMILES string of the molecule is CN(C)c1ccc(CNC(=O)c2ccc(-c3nc4cccnc4n(C)c3=O)cc2)cc1. The topological polar surface area (TPSA) is 80.1 Å². The number of aromatic nitrogens is 3. The largest absolute Gasteiger partial charge is 0.378 e. The van der Waals surface area contributed by atoms with Crippen LogP contribution >= 0.6 is 0 Å². The molecule has 4 rings (SSSR count). The number of benzene rings is 2. The Labute approximate surface area is 180 Å². The molecule has 0 bridgehead atoms. The summed E-state index contributed by atoms with van der Waals surface area (Å²) >= 11 is 0. The molecule has 4 aromatic rings. The second-order valence-corrected chi connectivity index (χ2v) is 7.49. The van der Waals surface area contributed by atoms with E-state index in [-0.39, 0.29) is 11.5 Å². The standard InChI is InChI=1S/C24H23N5O2/c1-28(2)19-12-6-16(7-13-19)15-26-23(30)18-10-8-17(9-11-18)21-24(31)29(3)22-20(27-21)5-4-14-25-22/h4-14H,15H2,1-3H3,(H,26,30). The Morgan fingerprint density at radius 2 is 1.74 bits per heavy atom. The van der Waals surface area contributed by atoms with Crippen LogP contribution in [0.3, 0.4) is 0 Å². The Balaban J connectivity index is 1.50. The lowest BCUT2D eigenvalue weighted by atomic mass is 10.1. The van der Waals surface area contributed by atoms with Crippen LogP contribution in [0.4, 0.5) is 5.69 Å². The number of aryl methyl sites for hydroxylation is 1. The molecule has 0 aliphatic carbocycles. The van der Waals surface area contributed by atoms with Crippen LogP contribution in [-0.2, 0) is 13.6 Å². The van der Waals surface area contributed by atoms with Crippen molar-refractivity contribution in [2.45, 2.75) is 6.54 Å². The Morgan fingerprint density at radius 3 is 2.42 bits per heavy atom. The predicted octanol–water partition coefficient (Wildman–Crippen LogP) is 2.99. The number of carbonyl (C=O) groups is 1. The molecule has 0 radical (unpaired) electrons. The van der Waals surface area contributed by atoms with E-state index in [0.29, 0.717) is 34.5 Å². The highest BCUT2D eigenvalue weighted by molar-refractivity contribution is 5.94. The molecule has 0 aliphatic rings. The minimum absolute atomic E-state index is 0.174. The molecule has 1 N–H and O–H groups in total. The van der Waals surface area contributed by atoms with Gasteiger partial charge in [0.1, 0.15) is 11.2 Å². The average molecular weight is 413 g/mol. The maximum Gasteiger partial charge on any atom is 0.278 e. The number of carbonyl (C=O) groups excluding carboxylic acids is 1. The van der Waals surface area contributed by atoms with Crippen molar-refractivity contribution < 1.29 is 4.79 Å². The first-order valence-corrected chi connectivity index (χ1v) is 9.90. The zero-order chi connectivity index (χ0) is 22.0. The van der Waals surface area contributed by atoms with Crippen molar-refractivity contribution in [3.8, 4) is 11.3 Å². The molecular formula is C24H23N5O2. The fourth-order valence-corrected chi connectivity index (χ4v) is 3.32. The Hall–Kier alpha value is -4.00. The second kappa shape index (κ2) is 8.39. The van der Waals surface area contributed by atoms with Gasteiger partial charge >= 0.3 is 0 Å². The van der Waals surface area contributed by atoms with Crippen molar-refractivity contribution >= 4 is 22.8 Å². The zero-order valence-electron chi connectivity index (χ0n) is 17.7. The van der Waals surface area contributed by atoms with Crippen LogP contribution in [0.2, 0.25) is 0 Å². The molecule has 0 fully saturated rings. The van der Waals surface area contributed by atoms with Gasteiger partial charge in [0.25, 0.3) is 11.5 Å². The van der Waals surface area contributed by atoms with E-state index in [9.17, 15) is 9.59 Å². The monoisotopic (exact) mass is 413 g/mol. The normalized spacial score (nSPS) is 10.8. The molecule has 2 heterocycles. The Bertz CT molecular complexity index is 1290. The van der Waals surface area contributed by atoms with E-state index >= 15 is 0 Å². The fourth-order valence-electron chi connectivity index (χ4n) is 3.32. The van der Waals surface area contributed by atoms with Crippen LogP contribution in [0.5, 0.6) is 0 Å². The third-order valence-corrected chi connectivity index (χ3v) is 5.15. The number of pyridine rings is 1. The van der Waals surface area contributed by atoms with Gasteiger partial charge in [-0.25, -0.2) is 9.97 Å². The highest BCUT2D eigenvalue weighted by atomic mass is 16.1. The molecule has 0 atom stereocenters. The first-order valence-electron chi connectivity index (χ1n) is 9.90. The summed E-state index contributed by atoms with van der Waals surface area (Å²) in [7, 11) is 5.65. The molecule has 2 aromatic carbocycles. The van der Waals surface area contributed by atoms with E-state index in [2.05, 4.69) is 15.3 Å². The average Bonchev–Trinajstić information content (AvgIpc) is 2.80. The van der Waals surface area contributed by atoms with Crippen LogP contribution in [-0.4, -0.2) is 34.5 Å². The maximum atomic E-state index is 12.7. The van der Waals surface area contributed by atoms with E-state index in [1.165, 1.54) is 4.57 Å². The number of amides is 1. The summed E-state index contributed by atoms with van der Waals surface area (Å²) in [5.41, 5.74) is 4.58. The number of anilines is 1. The van der Waals surface area contributed by atoms with Gasteiger partial charge in [-0.05, 0) is 42.0 Å². The first-order chi connectivity index (χ1) is 14.9. The van der Waals surface area contributed by atoms with Crippen LogP contribution in [0.1, 0.15) is 15.9 Å². The molecule has 156 valence electrons. The van der Waals surface area contributed by atoms with Gasteiger partial charge in [0, 0.05) is 50.7 Å². The third-order valence-electron chi connectivity index (χ3n) is 5.15. The van der Waals surface area contributed by atoms with Crippen molar-refractivity contribution in [1.29, 1.82) is 0 Å². The van der Waals surface area contributed by atoms with Gasteiger partial charge in [-0.2, -0.15) is 0 Å². The van der Waals surface area contributed by atoms with Gasteiger partial charge in [0.05, 0.1) is 0 Å². The van der Waals surface area contributed by atoms with Crippen LogP contribution in [0, 0.1) is 0 Å². The summed E-state index contributed by atoms with van der Waals surface area (Å²) in [6.07, 6.45) is 1.63. The van der Waals surface area contributed by atoms with Crippen molar-refractivity contribution in [3.63, 3.8) is 0 Å². The molecule has 0 saturated heterocycles. The number of nitrogens with zero attached hydrogens (tertiary/aromatic N) is 4. The minimum Gasteiger partial charge on any atom is -0.378 e. The van der Waals surface area contributed by atoms with Gasteiger partial charge in [0.15, 0.2) is 5.65 Å². The van der Waals surface area contributed by atoms with E-state index in [1.807, 2.05) is 49.3 Å². The number of nitrogens with one attached hydrogen (secondary N) is 1. The maximum absolute atomic E-state index is 12.7. The summed E-state index contributed by atoms with van der Waals surface area (Å²) < 4.78 is 1.49. The fraction of sp³-hybridized carbons (Fsp3) is 0.167. The summed E-state index contributed by atoms with van der Waals surface area (Å²) in [6, 6.07) is 18.5. The molecule has 7 nitrogen and oxygen atoms in total. The highest BCUT2D eigenvalue weighted by Crippen LogP contribution is 2.17. The zero-order valence-corrected chi connectivity index (χ0v) is 17.7. The van der Waals surface area contributed by atoms with E-state index < -0.39 is 0 Å². The lowest BCUT2D eigenvalue weighted by Gasteiger charge is -2.13. The molecule has 2 aromatic heterocycles. The lowest BCUT2D eigenvalue weighted by Crippen LogP contribution is -2.23. The van der Waals surface area contributed by atoms with Gasteiger partial charge in [-0.1, -0.05) is 24.3 Å². The van der Waals surface area contributed by atoms with Gasteiger partial charge < -0.3 is 10.2 Å². The van der Waals surface area contributed by atoms with E-state index in [4.69, 9.17) is 0 Å². The summed E-state index contributed by atoms with van der Waals surface area (Å²) in [4.78, 5) is 36.0. The second-order valence-electron chi connectivity index (χ2n) is 7.49. The summed E-state index contributed by atoms with van der Waals surface area (Å²) in [5.74, 6) is -0.174. The Kier molecular flexibility index (Phi) is 5.49. The number of rotatable bonds is 5. The molecule has 0 aliphatic heterocycles. The Morgan fingerprint density at radius 1 is 1.03 bits per heavy atom. The van der Waals surface area contributed by atoms with Crippen LogP contribution in [0.15, 0.2) is 71.7 Å². The number of hydrogen-bond donors (Lipinski definition) is 1. The lowest BCUT2D eigenvalue weighted by molar-refractivity contribution is 0.0951. The summed E-state index contributed by atoms with van der Waals surface area (Å²) in [6.45, 7) is 0.439. The van der Waals surface area contributed by atoms with Crippen molar-refractivity contribution in [3.05, 3.63) is 88.3 Å². The molecule has 31 heavy (non-hydrogen) atoms. The third kappa shape index (κ3) is 4.16. The highest BCUT2D eigenvalue weighted by Gasteiger charge is 2.12. The number of hydrogen-bond acceptors (Lipinski definition) is 5. The van der Waals surface area contributed by atoms with Crippen LogP contribution < -0.4 is 15.8 Å². The van der Waals surface area contributed by atoms with Crippen LogP contribution in [0.25, 0.3) is 22.4 Å². The molecule has 7 heteroatoms. The van der Waals surface area contributed by atoms with E-state index in [1.54, 1.807) is 43.6 Å². The van der Waals surface area contributed by atoms with Crippen molar-refractivity contribution in [1.82, 2.24) is 19.9 Å². The van der Waals surface area contributed by atoms with Gasteiger partial charge in [-0.3, -0.25) is 14.2 Å². The quantitative estimate of drug-likeness (QED) is 0.544.